The fourth-order valence-electron chi connectivity index (χ4n) is 2.35. The highest BCUT2D eigenvalue weighted by Crippen LogP contribution is 2.24. The maximum absolute atomic E-state index is 9.32. The number of benzene rings is 2. The molecule has 2 aromatic carbocycles. The smallest absolute Gasteiger partial charge is 0.119 e. The van der Waals surface area contributed by atoms with Crippen LogP contribution in [-0.2, 0) is 4.74 Å². The van der Waals surface area contributed by atoms with E-state index in [9.17, 15) is 5.11 Å². The molecule has 2 aromatic rings. The molecular weight excluding hydrogens is 288 g/mol. The van der Waals surface area contributed by atoms with Gasteiger partial charge in [0.25, 0.3) is 0 Å². The van der Waals surface area contributed by atoms with E-state index in [2.05, 4.69) is 6.92 Å². The van der Waals surface area contributed by atoms with Crippen molar-refractivity contribution in [3.05, 3.63) is 48.5 Å². The Morgan fingerprint density at radius 1 is 0.739 bits per heavy atom. The van der Waals surface area contributed by atoms with E-state index in [0.29, 0.717) is 13.2 Å². The van der Waals surface area contributed by atoms with Gasteiger partial charge in [-0.3, -0.25) is 0 Å². The molecule has 2 rings (SSSR count). The standard InChI is InChI=1S/C20H26O3/c1-2-3-4-5-14-22-15-16-23-20-12-8-18(9-13-20)17-6-10-19(21)11-7-17/h6-13,21H,2-5,14-16H2,1H3. The third-order valence-corrected chi connectivity index (χ3v) is 3.69. The minimum Gasteiger partial charge on any atom is -0.508 e. The van der Waals surface area contributed by atoms with E-state index < -0.39 is 0 Å². The first-order chi connectivity index (χ1) is 11.3. The Hall–Kier alpha value is -2.00. The summed E-state index contributed by atoms with van der Waals surface area (Å²) >= 11 is 0. The molecule has 0 heterocycles. The first-order valence-electron chi connectivity index (χ1n) is 8.39. The number of ether oxygens (including phenoxy) is 2. The fourth-order valence-corrected chi connectivity index (χ4v) is 2.35. The van der Waals surface area contributed by atoms with Crippen LogP contribution in [0.2, 0.25) is 0 Å². The zero-order valence-electron chi connectivity index (χ0n) is 13.8. The van der Waals surface area contributed by atoms with Crippen molar-refractivity contribution < 1.29 is 14.6 Å². The van der Waals surface area contributed by atoms with Gasteiger partial charge in [0.1, 0.15) is 18.1 Å². The van der Waals surface area contributed by atoms with E-state index in [-0.39, 0.29) is 5.75 Å². The predicted molar refractivity (Wildman–Crippen MR) is 94.0 cm³/mol. The van der Waals surface area contributed by atoms with Crippen LogP contribution in [0, 0.1) is 0 Å². The lowest BCUT2D eigenvalue weighted by Crippen LogP contribution is -2.07. The van der Waals surface area contributed by atoms with Gasteiger partial charge in [-0.05, 0) is 41.8 Å². The van der Waals surface area contributed by atoms with Gasteiger partial charge < -0.3 is 14.6 Å². The molecule has 0 atom stereocenters. The maximum atomic E-state index is 9.32. The van der Waals surface area contributed by atoms with Gasteiger partial charge in [0, 0.05) is 6.61 Å². The van der Waals surface area contributed by atoms with Crippen molar-refractivity contribution in [1.29, 1.82) is 0 Å². The van der Waals surface area contributed by atoms with Crippen molar-refractivity contribution in [1.82, 2.24) is 0 Å². The van der Waals surface area contributed by atoms with Crippen LogP contribution >= 0.6 is 0 Å². The van der Waals surface area contributed by atoms with Crippen LogP contribution in [0.1, 0.15) is 32.6 Å². The van der Waals surface area contributed by atoms with Crippen LogP contribution in [0.25, 0.3) is 11.1 Å². The normalized spacial score (nSPS) is 10.7. The minimum absolute atomic E-state index is 0.281. The number of aromatic hydroxyl groups is 1. The van der Waals surface area contributed by atoms with E-state index >= 15 is 0 Å². The molecule has 0 aromatic heterocycles. The lowest BCUT2D eigenvalue weighted by Gasteiger charge is -2.08. The molecule has 0 aliphatic rings. The lowest BCUT2D eigenvalue weighted by molar-refractivity contribution is 0.0971. The summed E-state index contributed by atoms with van der Waals surface area (Å²) in [6.45, 7) is 4.24. The average molecular weight is 314 g/mol. The summed E-state index contributed by atoms with van der Waals surface area (Å²) in [5.74, 6) is 1.13. The molecule has 23 heavy (non-hydrogen) atoms. The van der Waals surface area contributed by atoms with Gasteiger partial charge in [-0.2, -0.15) is 0 Å². The van der Waals surface area contributed by atoms with Gasteiger partial charge in [-0.15, -0.1) is 0 Å². The average Bonchev–Trinajstić information content (AvgIpc) is 2.59. The molecule has 124 valence electrons. The molecule has 0 aliphatic carbocycles. The number of unbranched alkanes of at least 4 members (excludes halogenated alkanes) is 3. The third-order valence-electron chi connectivity index (χ3n) is 3.69. The molecule has 0 unspecified atom stereocenters. The first kappa shape index (κ1) is 17.4. The molecular formula is C20H26O3. The Labute approximate surface area is 138 Å². The summed E-state index contributed by atoms with van der Waals surface area (Å²) < 4.78 is 11.2. The highest BCUT2D eigenvalue weighted by atomic mass is 16.5. The Morgan fingerprint density at radius 2 is 1.39 bits per heavy atom. The zero-order valence-corrected chi connectivity index (χ0v) is 13.8. The monoisotopic (exact) mass is 314 g/mol. The van der Waals surface area contributed by atoms with Gasteiger partial charge in [0.2, 0.25) is 0 Å². The van der Waals surface area contributed by atoms with Crippen molar-refractivity contribution in [3.63, 3.8) is 0 Å². The summed E-state index contributed by atoms with van der Waals surface area (Å²) in [7, 11) is 0. The highest BCUT2D eigenvalue weighted by molar-refractivity contribution is 5.64. The molecule has 0 bridgehead atoms. The van der Waals surface area contributed by atoms with Crippen molar-refractivity contribution in [2.24, 2.45) is 0 Å². The summed E-state index contributed by atoms with van der Waals surface area (Å²) in [6.07, 6.45) is 4.92. The molecule has 0 radical (unpaired) electrons. The van der Waals surface area contributed by atoms with Gasteiger partial charge in [0.15, 0.2) is 0 Å². The number of hydrogen-bond donors (Lipinski definition) is 1. The largest absolute Gasteiger partial charge is 0.508 e. The van der Waals surface area contributed by atoms with Crippen molar-refractivity contribution in [3.8, 4) is 22.6 Å². The Bertz CT molecular complexity index is 546. The Kier molecular flexibility index (Phi) is 7.47. The SMILES string of the molecule is CCCCCCOCCOc1ccc(-c2ccc(O)cc2)cc1. The zero-order chi connectivity index (χ0) is 16.3. The van der Waals surface area contributed by atoms with Gasteiger partial charge in [0.05, 0.1) is 6.61 Å². The number of rotatable bonds is 10. The van der Waals surface area contributed by atoms with Gasteiger partial charge >= 0.3 is 0 Å². The second-order valence-corrected chi connectivity index (χ2v) is 5.59. The van der Waals surface area contributed by atoms with Gasteiger partial charge in [-0.25, -0.2) is 0 Å². The summed E-state index contributed by atoms with van der Waals surface area (Å²) in [5.41, 5.74) is 2.18. The summed E-state index contributed by atoms with van der Waals surface area (Å²) in [5, 5.41) is 9.32. The number of phenols is 1. The topological polar surface area (TPSA) is 38.7 Å². The fraction of sp³-hybridized carbons (Fsp3) is 0.400. The van der Waals surface area contributed by atoms with E-state index in [1.165, 1.54) is 19.3 Å². The quantitative estimate of drug-likeness (QED) is 0.625. The Balaban J connectivity index is 1.68. The molecule has 0 saturated carbocycles. The van der Waals surface area contributed by atoms with Crippen LogP contribution in [-0.4, -0.2) is 24.9 Å². The number of hydrogen-bond acceptors (Lipinski definition) is 3. The Morgan fingerprint density at radius 3 is 2.04 bits per heavy atom. The molecule has 3 heteroatoms. The second kappa shape index (κ2) is 9.90. The van der Waals surface area contributed by atoms with E-state index in [1.54, 1.807) is 12.1 Å². The molecule has 3 nitrogen and oxygen atoms in total. The van der Waals surface area contributed by atoms with Crippen molar-refractivity contribution in [2.75, 3.05) is 19.8 Å². The lowest BCUT2D eigenvalue weighted by atomic mass is 10.1. The van der Waals surface area contributed by atoms with E-state index in [1.807, 2.05) is 36.4 Å². The summed E-state index contributed by atoms with van der Waals surface area (Å²) in [4.78, 5) is 0. The second-order valence-electron chi connectivity index (χ2n) is 5.59. The van der Waals surface area contributed by atoms with E-state index in [0.717, 1.165) is 29.9 Å². The number of phenolic OH excluding ortho intramolecular Hbond substituents is 1. The molecule has 0 saturated heterocycles. The van der Waals surface area contributed by atoms with Crippen LogP contribution in [0.3, 0.4) is 0 Å². The van der Waals surface area contributed by atoms with Crippen LogP contribution in [0.15, 0.2) is 48.5 Å². The summed E-state index contributed by atoms with van der Waals surface area (Å²) in [6, 6.07) is 15.2. The first-order valence-corrected chi connectivity index (χ1v) is 8.39. The van der Waals surface area contributed by atoms with Gasteiger partial charge in [-0.1, -0.05) is 50.5 Å². The van der Waals surface area contributed by atoms with Crippen molar-refractivity contribution >= 4 is 0 Å². The highest BCUT2D eigenvalue weighted by Gasteiger charge is 1.99. The third kappa shape index (κ3) is 6.33. The van der Waals surface area contributed by atoms with Crippen LogP contribution in [0.4, 0.5) is 0 Å². The minimum atomic E-state index is 0.281. The van der Waals surface area contributed by atoms with Crippen LogP contribution in [0.5, 0.6) is 11.5 Å². The molecule has 0 spiro atoms. The molecule has 1 N–H and O–H groups in total. The van der Waals surface area contributed by atoms with E-state index in [4.69, 9.17) is 9.47 Å². The maximum Gasteiger partial charge on any atom is 0.119 e. The van der Waals surface area contributed by atoms with Crippen molar-refractivity contribution in [2.45, 2.75) is 32.6 Å². The predicted octanol–water partition coefficient (Wildman–Crippen LogP) is 5.03. The molecule has 0 amide bonds. The molecule has 0 aliphatic heterocycles. The molecule has 0 fully saturated rings. The van der Waals surface area contributed by atoms with Crippen LogP contribution < -0.4 is 4.74 Å².